The Morgan fingerprint density at radius 1 is 0.771 bits per heavy atom. The van der Waals surface area contributed by atoms with Crippen molar-refractivity contribution in [1.29, 1.82) is 0 Å². The third kappa shape index (κ3) is 5.60. The molecule has 1 heterocycles. The van der Waals surface area contributed by atoms with Gasteiger partial charge in [-0.25, -0.2) is 5.48 Å². The topological polar surface area (TPSA) is 55.8 Å². The molecule has 0 aliphatic carbocycles. The van der Waals surface area contributed by atoms with Crippen LogP contribution in [0.3, 0.4) is 0 Å². The van der Waals surface area contributed by atoms with Crippen molar-refractivity contribution in [2.45, 2.75) is 13.0 Å². The molecule has 5 heteroatoms. The number of nitrogens with zero attached hydrogens (tertiary/aromatic N) is 2. The second-order valence-electron chi connectivity index (χ2n) is 9.22. The number of hydrogen-bond donors (Lipinski definition) is 2. The summed E-state index contributed by atoms with van der Waals surface area (Å²) in [5, 5.41) is 11.6. The van der Waals surface area contributed by atoms with Crippen molar-refractivity contribution in [2.75, 3.05) is 32.7 Å². The first-order valence-corrected chi connectivity index (χ1v) is 12.2. The molecule has 0 unspecified atom stereocenters. The van der Waals surface area contributed by atoms with Gasteiger partial charge >= 0.3 is 0 Å². The average molecular weight is 466 g/mol. The van der Waals surface area contributed by atoms with Crippen LogP contribution < -0.4 is 5.48 Å². The van der Waals surface area contributed by atoms with Crippen LogP contribution in [0.2, 0.25) is 0 Å². The fourth-order valence-corrected chi connectivity index (χ4v) is 4.93. The van der Waals surface area contributed by atoms with Crippen molar-refractivity contribution in [2.24, 2.45) is 0 Å². The highest BCUT2D eigenvalue weighted by atomic mass is 16.5. The zero-order chi connectivity index (χ0) is 24.0. The van der Waals surface area contributed by atoms with Crippen LogP contribution in [-0.2, 0) is 13.0 Å². The third-order valence-electron chi connectivity index (χ3n) is 6.96. The predicted octanol–water partition coefficient (Wildman–Crippen LogP) is 4.99. The first-order chi connectivity index (χ1) is 17.2. The number of fused-ring (bicyclic) bond motifs is 1. The van der Waals surface area contributed by atoms with Crippen molar-refractivity contribution in [3.63, 3.8) is 0 Å². The molecule has 1 aliphatic rings. The lowest BCUT2D eigenvalue weighted by atomic mass is 10.0. The molecule has 1 amide bonds. The van der Waals surface area contributed by atoms with E-state index in [-0.39, 0.29) is 0 Å². The van der Waals surface area contributed by atoms with Gasteiger partial charge in [0.1, 0.15) is 0 Å². The van der Waals surface area contributed by atoms with Gasteiger partial charge in [0.25, 0.3) is 5.91 Å². The molecule has 1 fully saturated rings. The van der Waals surface area contributed by atoms with Gasteiger partial charge < -0.3 is 4.90 Å². The Bertz CT molecular complexity index is 1290. The number of carbonyl (C=O) groups is 1. The Morgan fingerprint density at radius 2 is 1.49 bits per heavy atom. The molecule has 1 saturated heterocycles. The first kappa shape index (κ1) is 23.2. The van der Waals surface area contributed by atoms with E-state index < -0.39 is 5.91 Å². The van der Waals surface area contributed by atoms with Crippen LogP contribution in [0.5, 0.6) is 0 Å². The average Bonchev–Trinajstić information content (AvgIpc) is 2.92. The highest BCUT2D eigenvalue weighted by Crippen LogP contribution is 2.22. The van der Waals surface area contributed by atoms with E-state index in [1.54, 1.807) is 17.6 Å². The zero-order valence-electron chi connectivity index (χ0n) is 19.9. The number of rotatable bonds is 7. The van der Waals surface area contributed by atoms with Crippen LogP contribution in [0.4, 0.5) is 0 Å². The van der Waals surface area contributed by atoms with E-state index in [1.165, 1.54) is 21.9 Å². The molecular weight excluding hydrogens is 434 g/mol. The summed E-state index contributed by atoms with van der Waals surface area (Å²) < 4.78 is 0. The lowest BCUT2D eigenvalue weighted by molar-refractivity contribution is 0.0706. The third-order valence-corrected chi connectivity index (χ3v) is 6.96. The normalized spacial score (nSPS) is 14.8. The first-order valence-electron chi connectivity index (χ1n) is 12.2. The Balaban J connectivity index is 1.13. The van der Waals surface area contributed by atoms with Crippen molar-refractivity contribution in [1.82, 2.24) is 15.3 Å². The highest BCUT2D eigenvalue weighted by Gasteiger charge is 2.17. The zero-order valence-corrected chi connectivity index (χ0v) is 19.9. The summed E-state index contributed by atoms with van der Waals surface area (Å²) in [5.41, 5.74) is 6.87. The molecule has 0 spiro atoms. The summed E-state index contributed by atoms with van der Waals surface area (Å²) in [4.78, 5) is 16.8. The molecule has 0 atom stereocenters. The number of piperazine rings is 1. The largest absolute Gasteiger partial charge is 0.300 e. The summed E-state index contributed by atoms with van der Waals surface area (Å²) in [7, 11) is 0. The van der Waals surface area contributed by atoms with E-state index in [9.17, 15) is 4.79 Å². The van der Waals surface area contributed by atoms with Gasteiger partial charge in [-0.1, -0.05) is 78.9 Å². The van der Waals surface area contributed by atoms with Crippen molar-refractivity contribution >= 4 is 16.7 Å². The molecule has 5 rings (SSSR count). The van der Waals surface area contributed by atoms with Crippen LogP contribution >= 0.6 is 0 Å². The van der Waals surface area contributed by atoms with Crippen LogP contribution in [0.1, 0.15) is 21.5 Å². The van der Waals surface area contributed by atoms with Gasteiger partial charge in [0.05, 0.1) is 0 Å². The van der Waals surface area contributed by atoms with Crippen molar-refractivity contribution in [3.05, 3.63) is 108 Å². The van der Waals surface area contributed by atoms with Crippen molar-refractivity contribution in [3.8, 4) is 11.1 Å². The SMILES string of the molecule is O=C(NO)c1cccc(-c2ccc(CN3CCN(CCc4cccc5ccccc45)CC3)cc2)c1. The number of carbonyl (C=O) groups excluding carboxylic acids is 1. The molecule has 0 bridgehead atoms. The maximum absolute atomic E-state index is 11.7. The second kappa shape index (κ2) is 10.8. The fraction of sp³-hybridized carbons (Fsp3) is 0.233. The van der Waals surface area contributed by atoms with Crippen LogP contribution in [-0.4, -0.2) is 53.6 Å². The van der Waals surface area contributed by atoms with Gasteiger partial charge in [-0.3, -0.25) is 14.9 Å². The Morgan fingerprint density at radius 3 is 2.29 bits per heavy atom. The number of amides is 1. The van der Waals surface area contributed by atoms with Crippen LogP contribution in [0.25, 0.3) is 21.9 Å². The summed E-state index contributed by atoms with van der Waals surface area (Å²) in [6.45, 7) is 6.41. The molecule has 4 aromatic rings. The molecule has 0 aromatic heterocycles. The molecular formula is C30H31N3O2. The standard InChI is InChI=1S/C30H31N3O2/c34-30(31-35)28-9-4-8-27(21-28)24-13-11-23(12-14-24)22-33-19-17-32(18-20-33)16-15-26-7-3-6-25-5-1-2-10-29(25)26/h1-14,21,35H,15-20,22H2,(H,31,34). The second-order valence-corrected chi connectivity index (χ2v) is 9.22. The van der Waals surface area contributed by atoms with Crippen LogP contribution in [0.15, 0.2) is 91.0 Å². The molecule has 0 saturated carbocycles. The summed E-state index contributed by atoms with van der Waals surface area (Å²) in [5.74, 6) is -0.500. The quantitative estimate of drug-likeness (QED) is 0.298. The summed E-state index contributed by atoms with van der Waals surface area (Å²) >= 11 is 0. The molecule has 4 aromatic carbocycles. The van der Waals surface area contributed by atoms with Gasteiger partial charge in [-0.15, -0.1) is 0 Å². The van der Waals surface area contributed by atoms with E-state index in [2.05, 4.69) is 76.5 Å². The lowest BCUT2D eigenvalue weighted by Crippen LogP contribution is -2.46. The van der Waals surface area contributed by atoms with Crippen LogP contribution in [0, 0.1) is 0 Å². The highest BCUT2D eigenvalue weighted by molar-refractivity contribution is 5.94. The molecule has 2 N–H and O–H groups in total. The van der Waals surface area contributed by atoms with Gasteiger partial charge in [0.15, 0.2) is 0 Å². The van der Waals surface area contributed by atoms with Gasteiger partial charge in [-0.05, 0) is 51.6 Å². The summed E-state index contributed by atoms with van der Waals surface area (Å²) in [6, 6.07) is 31.1. The molecule has 5 nitrogen and oxygen atoms in total. The number of hydrogen-bond acceptors (Lipinski definition) is 4. The van der Waals surface area contributed by atoms with Gasteiger partial charge in [0.2, 0.25) is 0 Å². The van der Waals surface area contributed by atoms with E-state index in [4.69, 9.17) is 5.21 Å². The minimum atomic E-state index is -0.500. The fourth-order valence-electron chi connectivity index (χ4n) is 4.93. The van der Waals surface area contributed by atoms with Gasteiger partial charge in [0, 0.05) is 44.8 Å². The van der Waals surface area contributed by atoms with E-state index in [1.807, 2.05) is 12.1 Å². The maximum Gasteiger partial charge on any atom is 0.274 e. The number of benzene rings is 4. The van der Waals surface area contributed by atoms with Gasteiger partial charge in [-0.2, -0.15) is 0 Å². The predicted molar refractivity (Wildman–Crippen MR) is 140 cm³/mol. The number of nitrogens with one attached hydrogen (secondary N) is 1. The molecule has 1 aliphatic heterocycles. The monoisotopic (exact) mass is 465 g/mol. The summed E-state index contributed by atoms with van der Waals surface area (Å²) in [6.07, 6.45) is 1.09. The molecule has 0 radical (unpaired) electrons. The minimum Gasteiger partial charge on any atom is -0.300 e. The lowest BCUT2D eigenvalue weighted by Gasteiger charge is -2.34. The molecule has 35 heavy (non-hydrogen) atoms. The minimum absolute atomic E-state index is 0.437. The Hall–Kier alpha value is -3.51. The Labute approximate surface area is 206 Å². The van der Waals surface area contributed by atoms with E-state index in [0.717, 1.165) is 56.8 Å². The molecule has 178 valence electrons. The number of hydroxylamine groups is 1. The smallest absolute Gasteiger partial charge is 0.274 e. The van der Waals surface area contributed by atoms with Crippen molar-refractivity contribution < 1.29 is 10.0 Å². The maximum atomic E-state index is 11.7. The Kier molecular flexibility index (Phi) is 7.19. The van der Waals surface area contributed by atoms with E-state index in [0.29, 0.717) is 5.56 Å². The van der Waals surface area contributed by atoms with E-state index >= 15 is 0 Å².